The van der Waals surface area contributed by atoms with E-state index in [0.29, 0.717) is 0 Å². The lowest BCUT2D eigenvalue weighted by molar-refractivity contribution is 0.372. The summed E-state index contributed by atoms with van der Waals surface area (Å²) in [4.78, 5) is 0. The van der Waals surface area contributed by atoms with Crippen molar-refractivity contribution < 1.29 is 0 Å². The zero-order chi connectivity index (χ0) is 12.2. The third kappa shape index (κ3) is 2.86. The first kappa shape index (κ1) is 12.0. The van der Waals surface area contributed by atoms with E-state index in [9.17, 15) is 0 Å². The highest BCUT2D eigenvalue weighted by Gasteiger charge is 2.13. The Hall–Kier alpha value is -1.02. The van der Waals surface area contributed by atoms with Gasteiger partial charge in [-0.15, -0.1) is 0 Å². The Bertz CT molecular complexity index is 394. The van der Waals surface area contributed by atoms with Crippen LogP contribution in [0.25, 0.3) is 0 Å². The summed E-state index contributed by atoms with van der Waals surface area (Å²) in [6.07, 6.45) is 9.49. The van der Waals surface area contributed by atoms with Crippen molar-refractivity contribution in [2.24, 2.45) is 0 Å². The fourth-order valence-corrected chi connectivity index (χ4v) is 3.21. The van der Waals surface area contributed by atoms with E-state index in [4.69, 9.17) is 0 Å². The van der Waals surface area contributed by atoms with Crippen LogP contribution in [0.3, 0.4) is 0 Å². The molecule has 1 aromatic carbocycles. The van der Waals surface area contributed by atoms with Crippen LogP contribution in [0.2, 0.25) is 0 Å². The molecule has 1 aromatic rings. The predicted molar refractivity (Wildman–Crippen MR) is 77.0 cm³/mol. The third-order valence-electron chi connectivity index (χ3n) is 4.31. The summed E-state index contributed by atoms with van der Waals surface area (Å²) in [6, 6.07) is 7.67. The van der Waals surface area contributed by atoms with Crippen LogP contribution in [0, 0.1) is 0 Å². The number of benzene rings is 1. The fraction of sp³-hybridized carbons (Fsp3) is 0.625. The third-order valence-corrected chi connectivity index (χ3v) is 4.31. The average molecular weight is 244 g/mol. The highest BCUT2D eigenvalue weighted by molar-refractivity contribution is 5.54. The Balaban J connectivity index is 1.58. The maximum absolute atomic E-state index is 3.72. The number of rotatable bonds is 3. The summed E-state index contributed by atoms with van der Waals surface area (Å²) < 4.78 is 0. The van der Waals surface area contributed by atoms with Crippen LogP contribution < -0.4 is 10.6 Å². The van der Waals surface area contributed by atoms with Gasteiger partial charge in [-0.25, -0.2) is 0 Å². The van der Waals surface area contributed by atoms with E-state index < -0.39 is 0 Å². The molecule has 1 fully saturated rings. The molecule has 0 bridgehead atoms. The summed E-state index contributed by atoms with van der Waals surface area (Å²) in [5.74, 6) is 0. The number of hydrogen-bond donors (Lipinski definition) is 2. The second kappa shape index (κ2) is 5.75. The van der Waals surface area contributed by atoms with Crippen LogP contribution in [0.5, 0.6) is 0 Å². The first-order chi connectivity index (χ1) is 8.92. The monoisotopic (exact) mass is 244 g/mol. The summed E-state index contributed by atoms with van der Waals surface area (Å²) >= 11 is 0. The zero-order valence-electron chi connectivity index (χ0n) is 11.2. The van der Waals surface area contributed by atoms with Crippen LogP contribution >= 0.6 is 0 Å². The van der Waals surface area contributed by atoms with Crippen LogP contribution in [0.15, 0.2) is 18.2 Å². The minimum absolute atomic E-state index is 0.757. The van der Waals surface area contributed by atoms with Gasteiger partial charge in [0.1, 0.15) is 0 Å². The Labute approximate surface area is 110 Å². The van der Waals surface area contributed by atoms with Crippen LogP contribution in [-0.4, -0.2) is 12.6 Å². The molecule has 98 valence electrons. The molecule has 1 aliphatic carbocycles. The van der Waals surface area contributed by atoms with E-state index in [1.807, 2.05) is 0 Å². The summed E-state index contributed by atoms with van der Waals surface area (Å²) in [5.41, 5.74) is 4.30. The molecule has 0 saturated heterocycles. The van der Waals surface area contributed by atoms with Crippen molar-refractivity contribution >= 4 is 5.69 Å². The molecule has 0 spiro atoms. The van der Waals surface area contributed by atoms with Gasteiger partial charge in [-0.05, 0) is 42.9 Å². The topological polar surface area (TPSA) is 24.1 Å². The average Bonchev–Trinajstić information content (AvgIpc) is 2.46. The lowest BCUT2D eigenvalue weighted by Crippen LogP contribution is -2.30. The molecular weight excluding hydrogens is 220 g/mol. The number of aryl methyl sites for hydroxylation is 1. The Morgan fingerprint density at radius 2 is 2.00 bits per heavy atom. The SMILES string of the molecule is c1cc2c(cc1CNC1CCCCC1)CCCN2. The quantitative estimate of drug-likeness (QED) is 0.851. The smallest absolute Gasteiger partial charge is 0.0372 e. The lowest BCUT2D eigenvalue weighted by atomic mass is 9.95. The van der Waals surface area contributed by atoms with Crippen molar-refractivity contribution in [2.45, 2.75) is 57.5 Å². The summed E-state index contributed by atoms with van der Waals surface area (Å²) in [7, 11) is 0. The first-order valence-electron chi connectivity index (χ1n) is 7.51. The van der Waals surface area contributed by atoms with Gasteiger partial charge >= 0.3 is 0 Å². The molecule has 3 rings (SSSR count). The van der Waals surface area contributed by atoms with E-state index in [2.05, 4.69) is 28.8 Å². The van der Waals surface area contributed by atoms with Crippen molar-refractivity contribution in [3.8, 4) is 0 Å². The second-order valence-corrected chi connectivity index (χ2v) is 5.74. The van der Waals surface area contributed by atoms with E-state index in [0.717, 1.165) is 19.1 Å². The van der Waals surface area contributed by atoms with Gasteiger partial charge in [0.05, 0.1) is 0 Å². The molecule has 1 heterocycles. The molecule has 18 heavy (non-hydrogen) atoms. The molecular formula is C16H24N2. The number of nitrogens with one attached hydrogen (secondary N) is 2. The fourth-order valence-electron chi connectivity index (χ4n) is 3.21. The van der Waals surface area contributed by atoms with Gasteiger partial charge in [0.15, 0.2) is 0 Å². The zero-order valence-corrected chi connectivity index (χ0v) is 11.2. The lowest BCUT2D eigenvalue weighted by Gasteiger charge is -2.23. The molecule has 2 aliphatic rings. The standard InChI is InChI=1S/C16H24N2/c1-2-6-15(7-3-1)18-12-13-8-9-16-14(11-13)5-4-10-17-16/h8-9,11,15,17-18H,1-7,10,12H2. The molecule has 0 aromatic heterocycles. The normalized spacial score (nSPS) is 20.2. The molecule has 0 amide bonds. The van der Waals surface area contributed by atoms with Gasteiger partial charge in [-0.3, -0.25) is 0 Å². The van der Waals surface area contributed by atoms with Gasteiger partial charge < -0.3 is 10.6 Å². The summed E-state index contributed by atoms with van der Waals surface area (Å²) in [5, 5.41) is 7.20. The molecule has 0 radical (unpaired) electrons. The Morgan fingerprint density at radius 1 is 1.11 bits per heavy atom. The predicted octanol–water partition coefficient (Wildman–Crippen LogP) is 3.47. The minimum Gasteiger partial charge on any atom is -0.385 e. The van der Waals surface area contributed by atoms with Crippen molar-refractivity contribution in [1.82, 2.24) is 5.32 Å². The van der Waals surface area contributed by atoms with Gasteiger partial charge in [0.25, 0.3) is 0 Å². The maximum atomic E-state index is 3.72. The van der Waals surface area contributed by atoms with Gasteiger partial charge in [-0.1, -0.05) is 31.4 Å². The Morgan fingerprint density at radius 3 is 2.89 bits per heavy atom. The highest BCUT2D eigenvalue weighted by atomic mass is 14.9. The molecule has 1 saturated carbocycles. The number of anilines is 1. The Kier molecular flexibility index (Phi) is 3.84. The molecule has 0 atom stereocenters. The molecule has 2 N–H and O–H groups in total. The maximum Gasteiger partial charge on any atom is 0.0372 e. The molecule has 1 aliphatic heterocycles. The number of fused-ring (bicyclic) bond motifs is 1. The highest BCUT2D eigenvalue weighted by Crippen LogP contribution is 2.23. The number of hydrogen-bond acceptors (Lipinski definition) is 2. The molecule has 0 unspecified atom stereocenters. The summed E-state index contributed by atoms with van der Waals surface area (Å²) in [6.45, 7) is 2.17. The van der Waals surface area contributed by atoms with Crippen molar-refractivity contribution in [3.63, 3.8) is 0 Å². The van der Waals surface area contributed by atoms with Crippen LogP contribution in [0.1, 0.15) is 49.7 Å². The largest absolute Gasteiger partial charge is 0.385 e. The van der Waals surface area contributed by atoms with Crippen molar-refractivity contribution in [3.05, 3.63) is 29.3 Å². The van der Waals surface area contributed by atoms with E-state index in [1.165, 1.54) is 61.8 Å². The van der Waals surface area contributed by atoms with E-state index >= 15 is 0 Å². The van der Waals surface area contributed by atoms with Crippen molar-refractivity contribution in [1.29, 1.82) is 0 Å². The van der Waals surface area contributed by atoms with Gasteiger partial charge in [0.2, 0.25) is 0 Å². The van der Waals surface area contributed by atoms with E-state index in [-0.39, 0.29) is 0 Å². The van der Waals surface area contributed by atoms with E-state index in [1.54, 1.807) is 0 Å². The van der Waals surface area contributed by atoms with Gasteiger partial charge in [0, 0.05) is 24.8 Å². The molecule has 2 nitrogen and oxygen atoms in total. The van der Waals surface area contributed by atoms with Crippen LogP contribution in [-0.2, 0) is 13.0 Å². The molecule has 2 heteroatoms. The minimum atomic E-state index is 0.757. The van der Waals surface area contributed by atoms with Gasteiger partial charge in [-0.2, -0.15) is 0 Å². The first-order valence-corrected chi connectivity index (χ1v) is 7.51. The van der Waals surface area contributed by atoms with Crippen molar-refractivity contribution in [2.75, 3.05) is 11.9 Å². The van der Waals surface area contributed by atoms with Crippen LogP contribution in [0.4, 0.5) is 5.69 Å². The second-order valence-electron chi connectivity index (χ2n) is 5.74.